The highest BCUT2D eigenvalue weighted by Crippen LogP contribution is 2.27. The molecule has 0 saturated heterocycles. The van der Waals surface area contributed by atoms with Crippen molar-refractivity contribution < 1.29 is 9.18 Å². The number of carbonyl (C=O) groups excluding carboxylic acids is 1. The molecule has 0 radical (unpaired) electrons. The summed E-state index contributed by atoms with van der Waals surface area (Å²) in [6, 6.07) is 11.5. The fraction of sp³-hybridized carbons (Fsp3) is 0.0667. The molecule has 0 fully saturated rings. The van der Waals surface area contributed by atoms with Crippen molar-refractivity contribution in [1.82, 2.24) is 4.98 Å². The van der Waals surface area contributed by atoms with Gasteiger partial charge in [-0.05, 0) is 24.3 Å². The Morgan fingerprint density at radius 1 is 1.30 bits per heavy atom. The Balaban J connectivity index is 2.17. The first-order chi connectivity index (χ1) is 9.70. The molecular weight excluding hydrogens is 275 g/mol. The first-order valence-corrected chi connectivity index (χ1v) is 6.96. The van der Waals surface area contributed by atoms with Crippen molar-refractivity contribution in [2.24, 2.45) is 0 Å². The van der Waals surface area contributed by atoms with Crippen molar-refractivity contribution in [2.75, 3.05) is 11.1 Å². The molecule has 0 saturated carbocycles. The number of nitrogens with one attached hydrogen (secondary N) is 1. The molecule has 1 N–H and O–H groups in total. The third kappa shape index (κ3) is 3.68. The summed E-state index contributed by atoms with van der Waals surface area (Å²) in [6.07, 6.45) is 1.79. The standard InChI is InChI=1S/C15H13FN2OS/c1-2-10-20-13-8-4-3-6-11(13)18-15(19)12-7-5-9-14(16)17-12/h2-9H,1,10H2,(H,18,19). The molecule has 0 aliphatic rings. The van der Waals surface area contributed by atoms with E-state index in [4.69, 9.17) is 0 Å². The van der Waals surface area contributed by atoms with Gasteiger partial charge in [-0.3, -0.25) is 4.79 Å². The zero-order valence-electron chi connectivity index (χ0n) is 10.7. The van der Waals surface area contributed by atoms with Crippen molar-refractivity contribution in [3.8, 4) is 0 Å². The third-order valence-corrected chi connectivity index (χ3v) is 3.51. The first kappa shape index (κ1) is 14.3. The average Bonchev–Trinajstić information content (AvgIpc) is 2.46. The number of anilines is 1. The molecule has 1 aromatic heterocycles. The topological polar surface area (TPSA) is 42.0 Å². The van der Waals surface area contributed by atoms with Gasteiger partial charge in [-0.1, -0.05) is 24.3 Å². The molecule has 0 aliphatic carbocycles. The zero-order chi connectivity index (χ0) is 14.4. The van der Waals surface area contributed by atoms with Crippen LogP contribution < -0.4 is 5.32 Å². The number of pyridine rings is 1. The van der Waals surface area contributed by atoms with Gasteiger partial charge in [0.05, 0.1) is 5.69 Å². The van der Waals surface area contributed by atoms with Crippen LogP contribution in [0.4, 0.5) is 10.1 Å². The normalized spacial score (nSPS) is 10.1. The summed E-state index contributed by atoms with van der Waals surface area (Å²) < 4.78 is 13.0. The third-order valence-electron chi connectivity index (χ3n) is 2.44. The summed E-state index contributed by atoms with van der Waals surface area (Å²) in [5.41, 5.74) is 0.726. The van der Waals surface area contributed by atoms with Crippen LogP contribution in [-0.2, 0) is 0 Å². The number of aromatic nitrogens is 1. The number of hydrogen-bond donors (Lipinski definition) is 1. The van der Waals surface area contributed by atoms with Crippen LogP contribution in [0.25, 0.3) is 0 Å². The van der Waals surface area contributed by atoms with Gasteiger partial charge in [0.15, 0.2) is 0 Å². The number of thioether (sulfide) groups is 1. The van der Waals surface area contributed by atoms with Gasteiger partial charge in [0, 0.05) is 10.6 Å². The second-order valence-corrected chi connectivity index (χ2v) is 4.96. The Morgan fingerprint density at radius 3 is 2.85 bits per heavy atom. The zero-order valence-corrected chi connectivity index (χ0v) is 11.5. The molecule has 1 heterocycles. The molecule has 2 rings (SSSR count). The lowest BCUT2D eigenvalue weighted by Gasteiger charge is -2.09. The largest absolute Gasteiger partial charge is 0.320 e. The number of nitrogens with zero attached hydrogens (tertiary/aromatic N) is 1. The van der Waals surface area contributed by atoms with Gasteiger partial charge in [-0.25, -0.2) is 4.98 Å². The summed E-state index contributed by atoms with van der Waals surface area (Å²) in [7, 11) is 0. The van der Waals surface area contributed by atoms with E-state index in [-0.39, 0.29) is 5.69 Å². The van der Waals surface area contributed by atoms with E-state index in [0.717, 1.165) is 10.6 Å². The minimum absolute atomic E-state index is 0.0496. The number of para-hydroxylation sites is 1. The van der Waals surface area contributed by atoms with E-state index in [1.807, 2.05) is 18.2 Å². The quantitative estimate of drug-likeness (QED) is 0.517. The van der Waals surface area contributed by atoms with Crippen LogP contribution >= 0.6 is 11.8 Å². The molecule has 0 spiro atoms. The lowest BCUT2D eigenvalue weighted by Crippen LogP contribution is -2.14. The van der Waals surface area contributed by atoms with E-state index in [9.17, 15) is 9.18 Å². The number of rotatable bonds is 5. The van der Waals surface area contributed by atoms with Crippen LogP contribution in [0.3, 0.4) is 0 Å². The molecule has 102 valence electrons. The first-order valence-electron chi connectivity index (χ1n) is 5.97. The monoisotopic (exact) mass is 288 g/mol. The smallest absolute Gasteiger partial charge is 0.274 e. The summed E-state index contributed by atoms with van der Waals surface area (Å²) in [5, 5.41) is 2.74. The SMILES string of the molecule is C=CCSc1ccccc1NC(=O)c1cccc(F)n1. The van der Waals surface area contributed by atoms with Gasteiger partial charge in [-0.2, -0.15) is 4.39 Å². The molecule has 1 aromatic carbocycles. The van der Waals surface area contributed by atoms with E-state index >= 15 is 0 Å². The van der Waals surface area contributed by atoms with E-state index in [1.165, 1.54) is 18.2 Å². The predicted molar refractivity (Wildman–Crippen MR) is 79.5 cm³/mol. The van der Waals surface area contributed by atoms with Crippen LogP contribution in [0, 0.1) is 5.95 Å². The minimum Gasteiger partial charge on any atom is -0.320 e. The fourth-order valence-corrected chi connectivity index (χ4v) is 2.31. The van der Waals surface area contributed by atoms with Crippen molar-refractivity contribution in [3.63, 3.8) is 0 Å². The maximum atomic E-state index is 13.0. The van der Waals surface area contributed by atoms with Gasteiger partial charge in [0.25, 0.3) is 5.91 Å². The molecular formula is C15H13FN2OS. The van der Waals surface area contributed by atoms with Crippen molar-refractivity contribution in [2.45, 2.75) is 4.90 Å². The van der Waals surface area contributed by atoms with Gasteiger partial charge in [-0.15, -0.1) is 18.3 Å². The van der Waals surface area contributed by atoms with Crippen molar-refractivity contribution in [1.29, 1.82) is 0 Å². The lowest BCUT2D eigenvalue weighted by molar-refractivity contribution is 0.102. The molecule has 0 atom stereocenters. The van der Waals surface area contributed by atoms with Crippen molar-refractivity contribution in [3.05, 3.63) is 66.8 Å². The van der Waals surface area contributed by atoms with Crippen LogP contribution in [-0.4, -0.2) is 16.6 Å². The minimum atomic E-state index is -0.674. The lowest BCUT2D eigenvalue weighted by atomic mass is 10.3. The summed E-state index contributed by atoms with van der Waals surface area (Å²) in [5.74, 6) is -0.367. The molecule has 20 heavy (non-hydrogen) atoms. The second kappa shape index (κ2) is 6.86. The Labute approximate surface area is 120 Å². The van der Waals surface area contributed by atoms with Gasteiger partial charge in [0.1, 0.15) is 5.69 Å². The number of hydrogen-bond acceptors (Lipinski definition) is 3. The van der Waals surface area contributed by atoms with E-state index in [0.29, 0.717) is 5.69 Å². The van der Waals surface area contributed by atoms with Crippen LogP contribution in [0.2, 0.25) is 0 Å². The van der Waals surface area contributed by atoms with E-state index < -0.39 is 11.9 Å². The summed E-state index contributed by atoms with van der Waals surface area (Å²) in [6.45, 7) is 3.66. The highest BCUT2D eigenvalue weighted by molar-refractivity contribution is 7.99. The second-order valence-electron chi connectivity index (χ2n) is 3.90. The van der Waals surface area contributed by atoms with E-state index in [2.05, 4.69) is 16.9 Å². The predicted octanol–water partition coefficient (Wildman–Crippen LogP) is 3.75. The molecule has 5 heteroatoms. The van der Waals surface area contributed by atoms with Crippen LogP contribution in [0.15, 0.2) is 60.0 Å². The molecule has 1 amide bonds. The van der Waals surface area contributed by atoms with Gasteiger partial charge < -0.3 is 5.32 Å². The highest BCUT2D eigenvalue weighted by atomic mass is 32.2. The maximum absolute atomic E-state index is 13.0. The molecule has 2 aromatic rings. The Kier molecular flexibility index (Phi) is 4.90. The number of amides is 1. The number of halogens is 1. The Hall–Kier alpha value is -2.14. The summed E-state index contributed by atoms with van der Waals surface area (Å²) >= 11 is 1.56. The highest BCUT2D eigenvalue weighted by Gasteiger charge is 2.10. The van der Waals surface area contributed by atoms with E-state index in [1.54, 1.807) is 23.9 Å². The maximum Gasteiger partial charge on any atom is 0.274 e. The molecule has 0 aliphatic heterocycles. The number of benzene rings is 1. The Bertz CT molecular complexity index is 631. The van der Waals surface area contributed by atoms with Crippen LogP contribution in [0.5, 0.6) is 0 Å². The van der Waals surface area contributed by atoms with Crippen molar-refractivity contribution >= 4 is 23.4 Å². The fourth-order valence-electron chi connectivity index (χ4n) is 1.57. The molecule has 0 bridgehead atoms. The van der Waals surface area contributed by atoms with Gasteiger partial charge in [0.2, 0.25) is 5.95 Å². The van der Waals surface area contributed by atoms with Gasteiger partial charge >= 0.3 is 0 Å². The molecule has 3 nitrogen and oxygen atoms in total. The average molecular weight is 288 g/mol. The molecule has 0 unspecified atom stereocenters. The summed E-state index contributed by atoms with van der Waals surface area (Å²) in [4.78, 5) is 16.5. The Morgan fingerprint density at radius 2 is 2.10 bits per heavy atom. The van der Waals surface area contributed by atoms with Crippen LogP contribution in [0.1, 0.15) is 10.5 Å². The number of carbonyl (C=O) groups is 1.